The number of imidazole rings is 1. The lowest BCUT2D eigenvalue weighted by molar-refractivity contribution is 0.366. The Kier molecular flexibility index (Phi) is 5.45. The van der Waals surface area contributed by atoms with Crippen LogP contribution in [0.1, 0.15) is 11.4 Å². The summed E-state index contributed by atoms with van der Waals surface area (Å²) in [5.74, 6) is 3.17. The Hall–Kier alpha value is -2.21. The van der Waals surface area contributed by atoms with Crippen LogP contribution >= 0.6 is 0 Å². The van der Waals surface area contributed by atoms with Crippen LogP contribution in [-0.2, 0) is 13.0 Å². The molecule has 2 aromatic rings. The number of hydrogen-bond acceptors (Lipinski definition) is 5. The van der Waals surface area contributed by atoms with Gasteiger partial charge in [0.2, 0.25) is 0 Å². The van der Waals surface area contributed by atoms with Gasteiger partial charge in [-0.3, -0.25) is 0 Å². The van der Waals surface area contributed by atoms with Crippen molar-refractivity contribution in [2.75, 3.05) is 27.9 Å². The first-order chi connectivity index (χ1) is 10.3. The summed E-state index contributed by atoms with van der Waals surface area (Å²) < 4.78 is 16.1. The lowest BCUT2D eigenvalue weighted by Gasteiger charge is -2.15. The zero-order chi connectivity index (χ0) is 15.1. The number of aromatic amines is 1. The molecule has 6 nitrogen and oxygen atoms in total. The van der Waals surface area contributed by atoms with Crippen LogP contribution in [0.15, 0.2) is 24.5 Å². The normalized spacial score (nSPS) is 10.4. The molecule has 0 saturated carbocycles. The first-order valence-corrected chi connectivity index (χ1v) is 6.76. The highest BCUT2D eigenvalue weighted by Gasteiger charge is 2.12. The molecule has 0 saturated heterocycles. The molecule has 0 fully saturated rings. The quantitative estimate of drug-likeness (QED) is 0.725. The van der Waals surface area contributed by atoms with E-state index in [1.807, 2.05) is 18.3 Å². The molecule has 0 aliphatic rings. The molecule has 0 aliphatic carbocycles. The highest BCUT2D eigenvalue weighted by Crippen LogP contribution is 2.33. The van der Waals surface area contributed by atoms with Gasteiger partial charge in [-0.05, 0) is 0 Å². The molecular weight excluding hydrogens is 270 g/mol. The van der Waals surface area contributed by atoms with Crippen LogP contribution in [0.3, 0.4) is 0 Å². The van der Waals surface area contributed by atoms with Crippen LogP contribution in [0, 0.1) is 0 Å². The molecule has 0 spiro atoms. The third kappa shape index (κ3) is 3.88. The Morgan fingerprint density at radius 2 is 1.81 bits per heavy atom. The monoisotopic (exact) mass is 291 g/mol. The first-order valence-electron chi connectivity index (χ1n) is 6.76. The van der Waals surface area contributed by atoms with Crippen molar-refractivity contribution in [2.24, 2.45) is 0 Å². The van der Waals surface area contributed by atoms with Gasteiger partial charge >= 0.3 is 0 Å². The zero-order valence-corrected chi connectivity index (χ0v) is 12.6. The number of methoxy groups -OCH3 is 3. The van der Waals surface area contributed by atoms with E-state index in [9.17, 15) is 0 Å². The molecule has 0 unspecified atom stereocenters. The number of ether oxygens (including phenoxy) is 3. The predicted octanol–water partition coefficient (Wildman–Crippen LogP) is 1.77. The van der Waals surface area contributed by atoms with Crippen molar-refractivity contribution in [1.29, 1.82) is 0 Å². The van der Waals surface area contributed by atoms with E-state index >= 15 is 0 Å². The van der Waals surface area contributed by atoms with Gasteiger partial charge in [-0.2, -0.15) is 0 Å². The SMILES string of the molecule is COc1cc(OC)c(CNCCc2ncc[nH]2)c(OC)c1. The fourth-order valence-corrected chi connectivity index (χ4v) is 2.11. The van der Waals surface area contributed by atoms with Crippen LogP contribution in [-0.4, -0.2) is 37.8 Å². The van der Waals surface area contributed by atoms with Gasteiger partial charge in [0.1, 0.15) is 23.1 Å². The van der Waals surface area contributed by atoms with Crippen LogP contribution in [0.5, 0.6) is 17.2 Å². The molecule has 0 amide bonds. The Morgan fingerprint density at radius 3 is 2.33 bits per heavy atom. The molecule has 1 aromatic carbocycles. The molecule has 114 valence electrons. The zero-order valence-electron chi connectivity index (χ0n) is 12.6. The lowest BCUT2D eigenvalue weighted by Crippen LogP contribution is -2.18. The van der Waals surface area contributed by atoms with Gasteiger partial charge in [-0.25, -0.2) is 4.98 Å². The lowest BCUT2D eigenvalue weighted by atomic mass is 10.1. The standard InChI is InChI=1S/C15H21N3O3/c1-19-11-8-13(20-2)12(14(9-11)21-3)10-16-5-4-15-17-6-7-18-15/h6-9,16H,4-5,10H2,1-3H3,(H,17,18). The van der Waals surface area contributed by atoms with Gasteiger partial charge in [0, 0.05) is 44.0 Å². The van der Waals surface area contributed by atoms with Gasteiger partial charge in [0.25, 0.3) is 0 Å². The van der Waals surface area contributed by atoms with E-state index < -0.39 is 0 Å². The van der Waals surface area contributed by atoms with E-state index in [2.05, 4.69) is 15.3 Å². The molecule has 2 N–H and O–H groups in total. The predicted molar refractivity (Wildman–Crippen MR) is 80.1 cm³/mol. The van der Waals surface area contributed by atoms with Crippen LogP contribution in [0.2, 0.25) is 0 Å². The van der Waals surface area contributed by atoms with Crippen molar-refractivity contribution in [3.05, 3.63) is 35.9 Å². The first kappa shape index (κ1) is 15.2. The summed E-state index contributed by atoms with van der Waals surface area (Å²) in [7, 11) is 4.90. The molecule has 6 heteroatoms. The van der Waals surface area contributed by atoms with Crippen LogP contribution in [0.4, 0.5) is 0 Å². The van der Waals surface area contributed by atoms with Crippen molar-refractivity contribution in [3.63, 3.8) is 0 Å². The van der Waals surface area contributed by atoms with Crippen molar-refractivity contribution in [2.45, 2.75) is 13.0 Å². The number of nitrogens with zero attached hydrogens (tertiary/aromatic N) is 1. The second-order valence-corrected chi connectivity index (χ2v) is 4.47. The topological polar surface area (TPSA) is 68.4 Å². The Balaban J connectivity index is 2.00. The maximum absolute atomic E-state index is 5.41. The number of hydrogen-bond donors (Lipinski definition) is 2. The average molecular weight is 291 g/mol. The molecule has 21 heavy (non-hydrogen) atoms. The van der Waals surface area contributed by atoms with Crippen molar-refractivity contribution < 1.29 is 14.2 Å². The highest BCUT2D eigenvalue weighted by atomic mass is 16.5. The van der Waals surface area contributed by atoms with Crippen LogP contribution in [0.25, 0.3) is 0 Å². The van der Waals surface area contributed by atoms with Gasteiger partial charge < -0.3 is 24.5 Å². The van der Waals surface area contributed by atoms with Crippen molar-refractivity contribution in [3.8, 4) is 17.2 Å². The van der Waals surface area contributed by atoms with E-state index in [0.29, 0.717) is 12.3 Å². The molecular formula is C15H21N3O3. The Labute approximate surface area is 124 Å². The molecule has 1 heterocycles. The number of rotatable bonds is 8. The second kappa shape index (κ2) is 7.54. The maximum atomic E-state index is 5.41. The summed E-state index contributed by atoms with van der Waals surface area (Å²) in [4.78, 5) is 7.27. The summed E-state index contributed by atoms with van der Waals surface area (Å²) in [6, 6.07) is 3.71. The minimum Gasteiger partial charge on any atom is -0.496 e. The van der Waals surface area contributed by atoms with Gasteiger partial charge in [0.05, 0.1) is 26.9 Å². The fourth-order valence-electron chi connectivity index (χ4n) is 2.11. The van der Waals surface area contributed by atoms with Crippen molar-refractivity contribution >= 4 is 0 Å². The second-order valence-electron chi connectivity index (χ2n) is 4.47. The molecule has 1 aromatic heterocycles. The van der Waals surface area contributed by atoms with E-state index in [0.717, 1.165) is 35.9 Å². The Morgan fingerprint density at radius 1 is 1.10 bits per heavy atom. The number of nitrogens with one attached hydrogen (secondary N) is 2. The molecule has 0 bridgehead atoms. The van der Waals surface area contributed by atoms with E-state index in [-0.39, 0.29) is 0 Å². The van der Waals surface area contributed by atoms with Gasteiger partial charge in [-0.1, -0.05) is 0 Å². The third-order valence-corrected chi connectivity index (χ3v) is 3.21. The largest absolute Gasteiger partial charge is 0.496 e. The highest BCUT2D eigenvalue weighted by molar-refractivity contribution is 5.50. The molecule has 0 atom stereocenters. The summed E-state index contributed by atoms with van der Waals surface area (Å²) in [5, 5.41) is 3.37. The van der Waals surface area contributed by atoms with E-state index in [4.69, 9.17) is 14.2 Å². The molecule has 0 aliphatic heterocycles. The third-order valence-electron chi connectivity index (χ3n) is 3.21. The smallest absolute Gasteiger partial charge is 0.130 e. The summed E-state index contributed by atoms with van der Waals surface area (Å²) >= 11 is 0. The van der Waals surface area contributed by atoms with E-state index in [1.54, 1.807) is 27.5 Å². The summed E-state index contributed by atoms with van der Waals surface area (Å²) in [6.07, 6.45) is 4.42. The number of benzene rings is 1. The minimum absolute atomic E-state index is 0.650. The number of aromatic nitrogens is 2. The average Bonchev–Trinajstić information content (AvgIpc) is 3.04. The van der Waals surface area contributed by atoms with Crippen LogP contribution < -0.4 is 19.5 Å². The Bertz CT molecular complexity index is 530. The summed E-state index contributed by atoms with van der Waals surface area (Å²) in [6.45, 7) is 1.46. The summed E-state index contributed by atoms with van der Waals surface area (Å²) in [5.41, 5.74) is 0.972. The van der Waals surface area contributed by atoms with Crippen molar-refractivity contribution in [1.82, 2.24) is 15.3 Å². The minimum atomic E-state index is 0.650. The van der Waals surface area contributed by atoms with Gasteiger partial charge in [0.15, 0.2) is 0 Å². The molecule has 2 rings (SSSR count). The number of H-pyrrole nitrogens is 1. The maximum Gasteiger partial charge on any atom is 0.130 e. The van der Waals surface area contributed by atoms with E-state index in [1.165, 1.54) is 0 Å². The fraction of sp³-hybridized carbons (Fsp3) is 0.400. The van der Waals surface area contributed by atoms with Gasteiger partial charge in [-0.15, -0.1) is 0 Å². The molecule has 0 radical (unpaired) electrons.